The summed E-state index contributed by atoms with van der Waals surface area (Å²) in [7, 11) is -3.24. The van der Waals surface area contributed by atoms with E-state index in [1.54, 1.807) is 0 Å². The maximum Gasteiger partial charge on any atom is 0.222 e. The van der Waals surface area contributed by atoms with Gasteiger partial charge < -0.3 is 9.64 Å². The Labute approximate surface area is 120 Å². The minimum atomic E-state index is -3.24. The number of morpholine rings is 1. The first-order valence-electron chi connectivity index (χ1n) is 7.31. The zero-order valence-corrected chi connectivity index (χ0v) is 12.6. The molecule has 0 radical (unpaired) electrons. The van der Waals surface area contributed by atoms with Crippen LogP contribution in [-0.4, -0.2) is 68.2 Å². The monoisotopic (exact) mass is 302 g/mol. The molecular formula is C13H22N2O4S. The van der Waals surface area contributed by atoms with Crippen LogP contribution in [0.1, 0.15) is 25.7 Å². The average molecular weight is 302 g/mol. The molecule has 6 nitrogen and oxygen atoms in total. The molecule has 1 saturated carbocycles. The fraction of sp³-hybridized carbons (Fsp3) is 0.923. The Kier molecular flexibility index (Phi) is 3.77. The van der Waals surface area contributed by atoms with Crippen LogP contribution < -0.4 is 0 Å². The van der Waals surface area contributed by atoms with Gasteiger partial charge in [0.15, 0.2) is 0 Å². The minimum Gasteiger partial charge on any atom is -0.375 e. The van der Waals surface area contributed by atoms with E-state index in [2.05, 4.69) is 0 Å². The molecule has 1 amide bonds. The van der Waals surface area contributed by atoms with Crippen LogP contribution in [0.2, 0.25) is 0 Å². The Bertz CT molecular complexity index is 489. The van der Waals surface area contributed by atoms with Crippen LogP contribution in [0.25, 0.3) is 0 Å². The third-order valence-electron chi connectivity index (χ3n) is 4.47. The summed E-state index contributed by atoms with van der Waals surface area (Å²) in [5.41, 5.74) is 0. The molecule has 0 unspecified atom stereocenters. The molecule has 20 heavy (non-hydrogen) atoms. The van der Waals surface area contributed by atoms with Crippen LogP contribution in [0.5, 0.6) is 0 Å². The van der Waals surface area contributed by atoms with Crippen molar-refractivity contribution >= 4 is 15.9 Å². The van der Waals surface area contributed by atoms with Crippen molar-refractivity contribution in [2.45, 2.75) is 37.8 Å². The first-order chi connectivity index (χ1) is 9.45. The maximum atomic E-state index is 12.2. The van der Waals surface area contributed by atoms with E-state index < -0.39 is 10.0 Å². The Hall–Kier alpha value is -0.660. The number of likely N-dealkylation sites (tertiary alicyclic amines) is 1. The van der Waals surface area contributed by atoms with E-state index >= 15 is 0 Å². The fourth-order valence-corrected chi connectivity index (χ4v) is 4.28. The van der Waals surface area contributed by atoms with Crippen LogP contribution >= 0.6 is 0 Å². The minimum absolute atomic E-state index is 0.0663. The zero-order valence-electron chi connectivity index (χ0n) is 11.8. The van der Waals surface area contributed by atoms with Crippen molar-refractivity contribution in [1.82, 2.24) is 9.21 Å². The summed E-state index contributed by atoms with van der Waals surface area (Å²) in [5.74, 6) is 0.735. The summed E-state index contributed by atoms with van der Waals surface area (Å²) >= 11 is 0. The first kappa shape index (κ1) is 14.3. The number of rotatable bonds is 3. The van der Waals surface area contributed by atoms with Crippen molar-refractivity contribution in [3.8, 4) is 0 Å². The van der Waals surface area contributed by atoms with Gasteiger partial charge in [-0.25, -0.2) is 8.42 Å². The van der Waals surface area contributed by atoms with Crippen molar-refractivity contribution in [1.29, 1.82) is 0 Å². The van der Waals surface area contributed by atoms with Gasteiger partial charge >= 0.3 is 0 Å². The summed E-state index contributed by atoms with van der Waals surface area (Å²) in [5, 5.41) is 0. The fourth-order valence-electron chi connectivity index (χ4n) is 3.18. The predicted octanol–water partition coefficient (Wildman–Crippen LogP) is 0.0478. The molecule has 2 heterocycles. The van der Waals surface area contributed by atoms with Crippen LogP contribution in [-0.2, 0) is 19.6 Å². The van der Waals surface area contributed by atoms with E-state index in [1.165, 1.54) is 10.6 Å². The first-order valence-corrected chi connectivity index (χ1v) is 9.16. The highest BCUT2D eigenvalue weighted by Crippen LogP contribution is 2.34. The van der Waals surface area contributed by atoms with Gasteiger partial charge in [-0.15, -0.1) is 0 Å². The largest absolute Gasteiger partial charge is 0.375 e. The Morgan fingerprint density at radius 2 is 2.00 bits per heavy atom. The third-order valence-corrected chi connectivity index (χ3v) is 5.78. The number of hydrogen-bond acceptors (Lipinski definition) is 4. The highest BCUT2D eigenvalue weighted by Gasteiger charge is 2.42. The van der Waals surface area contributed by atoms with Gasteiger partial charge in [0, 0.05) is 26.1 Å². The lowest BCUT2D eigenvalue weighted by molar-refractivity contribution is -0.139. The molecule has 114 valence electrons. The number of sulfonamides is 1. The van der Waals surface area contributed by atoms with Gasteiger partial charge in [-0.1, -0.05) is 0 Å². The molecule has 0 aromatic heterocycles. The smallest absolute Gasteiger partial charge is 0.222 e. The number of piperidine rings is 1. The molecule has 2 saturated heterocycles. The Morgan fingerprint density at radius 3 is 2.65 bits per heavy atom. The van der Waals surface area contributed by atoms with Gasteiger partial charge in [0.1, 0.15) is 0 Å². The molecule has 7 heteroatoms. The lowest BCUT2D eigenvalue weighted by Gasteiger charge is -2.45. The van der Waals surface area contributed by atoms with Gasteiger partial charge in [-0.05, 0) is 25.2 Å². The van der Waals surface area contributed by atoms with Gasteiger partial charge in [-0.3, -0.25) is 4.79 Å². The second-order valence-electron chi connectivity index (χ2n) is 6.13. The molecule has 0 N–H and O–H groups in total. The third kappa shape index (κ3) is 2.99. The molecule has 3 rings (SSSR count). The second kappa shape index (κ2) is 5.27. The van der Waals surface area contributed by atoms with Crippen molar-refractivity contribution in [3.63, 3.8) is 0 Å². The SMILES string of the molecule is CS(=O)(=O)N1CCO[C@H]2CCN(C(=O)CC3CC3)C[C@@H]21. The Morgan fingerprint density at radius 1 is 1.25 bits per heavy atom. The molecule has 3 fully saturated rings. The zero-order chi connectivity index (χ0) is 14.3. The average Bonchev–Trinajstić information content (AvgIpc) is 3.20. The van der Waals surface area contributed by atoms with Gasteiger partial charge in [-0.2, -0.15) is 4.31 Å². The lowest BCUT2D eigenvalue weighted by Crippen LogP contribution is -2.61. The summed E-state index contributed by atoms with van der Waals surface area (Å²) in [4.78, 5) is 14.0. The standard InChI is InChI=1S/C13H22N2O4S/c1-20(17,18)15-6-7-19-12-4-5-14(9-11(12)15)13(16)8-10-2-3-10/h10-12H,2-9H2,1H3/t11-,12-/m0/s1. The van der Waals surface area contributed by atoms with Gasteiger partial charge in [0.2, 0.25) is 15.9 Å². The number of carbonyl (C=O) groups excluding carboxylic acids is 1. The van der Waals surface area contributed by atoms with E-state index in [-0.39, 0.29) is 18.1 Å². The quantitative estimate of drug-likeness (QED) is 0.739. The summed E-state index contributed by atoms with van der Waals surface area (Å²) < 4.78 is 30.9. The van der Waals surface area contributed by atoms with Crippen molar-refractivity contribution in [3.05, 3.63) is 0 Å². The molecule has 0 aromatic rings. The van der Waals surface area contributed by atoms with Crippen LogP contribution in [0.4, 0.5) is 0 Å². The molecule has 3 aliphatic rings. The van der Waals surface area contributed by atoms with E-state index in [9.17, 15) is 13.2 Å². The highest BCUT2D eigenvalue weighted by molar-refractivity contribution is 7.88. The van der Waals surface area contributed by atoms with Crippen LogP contribution in [0.3, 0.4) is 0 Å². The van der Waals surface area contributed by atoms with Crippen LogP contribution in [0, 0.1) is 5.92 Å². The maximum absolute atomic E-state index is 12.2. The number of nitrogens with zero attached hydrogens (tertiary/aromatic N) is 2. The molecule has 2 atom stereocenters. The van der Waals surface area contributed by atoms with E-state index in [0.717, 1.165) is 19.3 Å². The molecule has 2 aliphatic heterocycles. The van der Waals surface area contributed by atoms with E-state index in [4.69, 9.17) is 4.74 Å². The Balaban J connectivity index is 1.69. The van der Waals surface area contributed by atoms with Crippen molar-refractivity contribution < 1.29 is 17.9 Å². The molecule has 0 aromatic carbocycles. The number of ether oxygens (including phenoxy) is 1. The van der Waals surface area contributed by atoms with Crippen molar-refractivity contribution in [2.24, 2.45) is 5.92 Å². The number of fused-ring (bicyclic) bond motifs is 1. The summed E-state index contributed by atoms with van der Waals surface area (Å²) in [6.07, 6.45) is 4.84. The number of hydrogen-bond donors (Lipinski definition) is 0. The number of carbonyl (C=O) groups is 1. The van der Waals surface area contributed by atoms with Gasteiger partial charge in [0.05, 0.1) is 25.0 Å². The van der Waals surface area contributed by atoms with Crippen LogP contribution in [0.15, 0.2) is 0 Å². The van der Waals surface area contributed by atoms with E-state index in [1.807, 2.05) is 4.90 Å². The topological polar surface area (TPSA) is 66.9 Å². The highest BCUT2D eigenvalue weighted by atomic mass is 32.2. The summed E-state index contributed by atoms with van der Waals surface area (Å²) in [6, 6.07) is -0.212. The number of amides is 1. The normalized spacial score (nSPS) is 31.9. The molecule has 0 bridgehead atoms. The molecule has 0 spiro atoms. The van der Waals surface area contributed by atoms with Crippen molar-refractivity contribution in [2.75, 3.05) is 32.5 Å². The second-order valence-corrected chi connectivity index (χ2v) is 8.06. The summed E-state index contributed by atoms with van der Waals surface area (Å²) in [6.45, 7) is 2.00. The molecule has 1 aliphatic carbocycles. The van der Waals surface area contributed by atoms with E-state index in [0.29, 0.717) is 38.6 Å². The molecular weight excluding hydrogens is 280 g/mol. The predicted molar refractivity (Wildman–Crippen MR) is 73.6 cm³/mol. The van der Waals surface area contributed by atoms with Gasteiger partial charge in [0.25, 0.3) is 0 Å². The lowest BCUT2D eigenvalue weighted by atomic mass is 10.00.